The lowest BCUT2D eigenvalue weighted by Gasteiger charge is -2.03. The van der Waals surface area contributed by atoms with Crippen LogP contribution in [0.5, 0.6) is 0 Å². The van der Waals surface area contributed by atoms with Gasteiger partial charge >= 0.3 is 0 Å². The van der Waals surface area contributed by atoms with Crippen LogP contribution in [0.25, 0.3) is 10.6 Å². The first-order valence-electron chi connectivity index (χ1n) is 6.36. The van der Waals surface area contributed by atoms with Gasteiger partial charge in [-0.2, -0.15) is 5.26 Å². The standard InChI is InChI=1S/C15H12N4S2/c1-10-19-13(9-20-10)14-4-3-12(21-14)8-18-15-5-2-11(6-16)7-17-15/h2-5,7,9H,8H2,1H3,(H,17,18). The van der Waals surface area contributed by atoms with Gasteiger partial charge in [0.1, 0.15) is 11.9 Å². The molecule has 0 spiro atoms. The van der Waals surface area contributed by atoms with Crippen LogP contribution in [0.2, 0.25) is 0 Å². The highest BCUT2D eigenvalue weighted by molar-refractivity contribution is 7.16. The quantitative estimate of drug-likeness (QED) is 0.789. The molecule has 0 aliphatic carbocycles. The van der Waals surface area contributed by atoms with Gasteiger partial charge in [0.15, 0.2) is 0 Å². The van der Waals surface area contributed by atoms with Gasteiger partial charge in [0.05, 0.1) is 27.7 Å². The van der Waals surface area contributed by atoms with Gasteiger partial charge in [0.25, 0.3) is 0 Å². The monoisotopic (exact) mass is 312 g/mol. The van der Waals surface area contributed by atoms with Crippen molar-refractivity contribution in [2.75, 3.05) is 5.32 Å². The number of nitrogens with one attached hydrogen (secondary N) is 1. The summed E-state index contributed by atoms with van der Waals surface area (Å²) < 4.78 is 0. The third kappa shape index (κ3) is 3.27. The van der Waals surface area contributed by atoms with E-state index < -0.39 is 0 Å². The van der Waals surface area contributed by atoms with Crippen molar-refractivity contribution >= 4 is 28.5 Å². The minimum atomic E-state index is 0.567. The van der Waals surface area contributed by atoms with Gasteiger partial charge in [-0.3, -0.25) is 0 Å². The molecule has 0 atom stereocenters. The highest BCUT2D eigenvalue weighted by Crippen LogP contribution is 2.29. The van der Waals surface area contributed by atoms with E-state index in [1.54, 1.807) is 34.9 Å². The third-order valence-electron chi connectivity index (χ3n) is 2.87. The Kier molecular flexibility index (Phi) is 3.95. The van der Waals surface area contributed by atoms with Crippen molar-refractivity contribution in [2.45, 2.75) is 13.5 Å². The van der Waals surface area contributed by atoms with Crippen LogP contribution in [0.15, 0.2) is 35.8 Å². The molecule has 0 fully saturated rings. The summed E-state index contributed by atoms with van der Waals surface area (Å²) in [6, 6.07) is 9.83. The van der Waals surface area contributed by atoms with Crippen LogP contribution in [-0.4, -0.2) is 9.97 Å². The van der Waals surface area contributed by atoms with Gasteiger partial charge in [-0.25, -0.2) is 9.97 Å². The number of hydrogen-bond acceptors (Lipinski definition) is 6. The summed E-state index contributed by atoms with van der Waals surface area (Å²) >= 11 is 3.39. The smallest absolute Gasteiger partial charge is 0.126 e. The predicted molar refractivity (Wildman–Crippen MR) is 86.4 cm³/mol. The summed E-state index contributed by atoms with van der Waals surface area (Å²) in [5, 5.41) is 15.2. The summed E-state index contributed by atoms with van der Waals surface area (Å²) in [7, 11) is 0. The molecule has 3 aromatic heterocycles. The second-order valence-corrected chi connectivity index (χ2v) is 6.65. The van der Waals surface area contributed by atoms with Crippen molar-refractivity contribution in [3.8, 4) is 16.6 Å². The lowest BCUT2D eigenvalue weighted by molar-refractivity contribution is 1.14. The van der Waals surface area contributed by atoms with Crippen molar-refractivity contribution in [2.24, 2.45) is 0 Å². The molecule has 3 aromatic rings. The third-order valence-corrected chi connectivity index (χ3v) is 4.75. The molecule has 3 heterocycles. The van der Waals surface area contributed by atoms with E-state index in [0.29, 0.717) is 12.1 Å². The fourth-order valence-electron chi connectivity index (χ4n) is 1.83. The minimum Gasteiger partial charge on any atom is -0.365 e. The lowest BCUT2D eigenvalue weighted by atomic mass is 10.3. The van der Waals surface area contributed by atoms with Crippen molar-refractivity contribution < 1.29 is 0 Å². The SMILES string of the molecule is Cc1nc(-c2ccc(CNc3ccc(C#N)cn3)s2)cs1. The Hall–Kier alpha value is -2.23. The highest BCUT2D eigenvalue weighted by Gasteiger charge is 2.06. The van der Waals surface area contributed by atoms with E-state index in [0.717, 1.165) is 16.5 Å². The maximum atomic E-state index is 8.74. The van der Waals surface area contributed by atoms with Gasteiger partial charge in [-0.1, -0.05) is 0 Å². The number of aryl methyl sites for hydroxylation is 1. The average Bonchev–Trinajstić information content (AvgIpc) is 3.14. The van der Waals surface area contributed by atoms with E-state index in [9.17, 15) is 0 Å². The molecular formula is C15H12N4S2. The van der Waals surface area contributed by atoms with Gasteiger partial charge in [-0.15, -0.1) is 22.7 Å². The molecule has 0 unspecified atom stereocenters. The molecule has 0 amide bonds. The summed E-state index contributed by atoms with van der Waals surface area (Å²) in [4.78, 5) is 11.1. The number of nitrogens with zero attached hydrogens (tertiary/aromatic N) is 3. The molecule has 1 N–H and O–H groups in total. The molecule has 0 saturated carbocycles. The van der Waals surface area contributed by atoms with Crippen LogP contribution in [0.1, 0.15) is 15.4 Å². The first-order chi connectivity index (χ1) is 10.2. The number of pyridine rings is 1. The van der Waals surface area contributed by atoms with Crippen molar-refractivity contribution in [1.82, 2.24) is 9.97 Å². The molecule has 3 rings (SSSR count). The zero-order valence-corrected chi connectivity index (χ0v) is 13.0. The second-order valence-electron chi connectivity index (χ2n) is 4.42. The van der Waals surface area contributed by atoms with Gasteiger partial charge in [0.2, 0.25) is 0 Å². The Bertz CT molecular complexity index is 781. The first-order valence-corrected chi connectivity index (χ1v) is 8.05. The number of aromatic nitrogens is 2. The van der Waals surface area contributed by atoms with Crippen LogP contribution >= 0.6 is 22.7 Å². The summed E-state index contributed by atoms with van der Waals surface area (Å²) in [6.07, 6.45) is 1.57. The molecule has 0 aliphatic heterocycles. The molecule has 4 nitrogen and oxygen atoms in total. The number of anilines is 1. The lowest BCUT2D eigenvalue weighted by Crippen LogP contribution is -1.99. The Balaban J connectivity index is 1.66. The molecular weight excluding hydrogens is 300 g/mol. The Morgan fingerprint density at radius 2 is 2.19 bits per heavy atom. The van der Waals surface area contributed by atoms with Gasteiger partial charge < -0.3 is 5.32 Å². The normalized spacial score (nSPS) is 10.3. The number of thiophene rings is 1. The number of thiazole rings is 1. The molecule has 0 radical (unpaired) electrons. The van der Waals surface area contributed by atoms with Crippen molar-refractivity contribution in [3.63, 3.8) is 0 Å². The van der Waals surface area contributed by atoms with Gasteiger partial charge in [0, 0.05) is 16.5 Å². The van der Waals surface area contributed by atoms with Crippen LogP contribution in [0.3, 0.4) is 0 Å². The fourth-order valence-corrected chi connectivity index (χ4v) is 3.43. The largest absolute Gasteiger partial charge is 0.365 e. The van der Waals surface area contributed by atoms with Crippen molar-refractivity contribution in [1.29, 1.82) is 5.26 Å². The van der Waals surface area contributed by atoms with Gasteiger partial charge in [-0.05, 0) is 31.2 Å². The van der Waals surface area contributed by atoms with E-state index in [-0.39, 0.29) is 0 Å². The van der Waals surface area contributed by atoms with Crippen LogP contribution in [0.4, 0.5) is 5.82 Å². The predicted octanol–water partition coefficient (Wildman–Crippen LogP) is 4.06. The number of nitriles is 1. The number of rotatable bonds is 4. The zero-order chi connectivity index (χ0) is 14.7. The van der Waals surface area contributed by atoms with E-state index in [4.69, 9.17) is 5.26 Å². The van der Waals surface area contributed by atoms with E-state index >= 15 is 0 Å². The maximum Gasteiger partial charge on any atom is 0.126 e. The maximum absolute atomic E-state index is 8.74. The number of hydrogen-bond donors (Lipinski definition) is 1. The Morgan fingerprint density at radius 3 is 2.86 bits per heavy atom. The Morgan fingerprint density at radius 1 is 1.29 bits per heavy atom. The van der Waals surface area contributed by atoms with E-state index in [2.05, 4.69) is 38.9 Å². The first kappa shape index (κ1) is 13.7. The summed E-state index contributed by atoms with van der Waals surface area (Å²) in [6.45, 7) is 2.73. The molecule has 104 valence electrons. The minimum absolute atomic E-state index is 0.567. The molecule has 6 heteroatoms. The zero-order valence-electron chi connectivity index (χ0n) is 11.3. The van der Waals surface area contributed by atoms with Crippen LogP contribution in [-0.2, 0) is 6.54 Å². The van der Waals surface area contributed by atoms with Crippen LogP contribution < -0.4 is 5.32 Å². The Labute approximate surface area is 130 Å². The molecule has 0 aliphatic rings. The highest BCUT2D eigenvalue weighted by atomic mass is 32.1. The average molecular weight is 312 g/mol. The van der Waals surface area contributed by atoms with Crippen LogP contribution in [0, 0.1) is 18.3 Å². The summed E-state index contributed by atoms with van der Waals surface area (Å²) in [5.41, 5.74) is 1.61. The topological polar surface area (TPSA) is 61.6 Å². The molecule has 0 aromatic carbocycles. The molecule has 0 saturated heterocycles. The second kappa shape index (κ2) is 6.04. The molecule has 21 heavy (non-hydrogen) atoms. The summed E-state index contributed by atoms with van der Waals surface area (Å²) in [5.74, 6) is 0.772. The van der Waals surface area contributed by atoms with E-state index in [1.807, 2.05) is 13.0 Å². The van der Waals surface area contributed by atoms with Crippen molar-refractivity contribution in [3.05, 3.63) is 51.3 Å². The van der Waals surface area contributed by atoms with E-state index in [1.165, 1.54) is 9.75 Å². The molecule has 0 bridgehead atoms. The fraction of sp³-hybridized carbons (Fsp3) is 0.133.